The molecule has 8 aromatic carbocycles. The van der Waals surface area contributed by atoms with Crippen LogP contribution in [-0.2, 0) is 41.7 Å². The summed E-state index contributed by atoms with van der Waals surface area (Å²) in [6, 6.07) is 66.3. The molecule has 20 heteroatoms. The molecule has 0 spiro atoms. The van der Waals surface area contributed by atoms with Gasteiger partial charge in [0.15, 0.2) is 12.4 Å². The van der Waals surface area contributed by atoms with Crippen LogP contribution in [0.3, 0.4) is 0 Å². The minimum Gasteiger partial charge on any atom is -0.599 e. The SMILES string of the molecule is CN1C(=Cc2cc[n+](CC(=O)NC(CCCN=C([O-])OCC3c4ccccc4-c4ccccc43)C(=O)O)c3ccccc23)Sc2ccccc21.CN1C(=Cc2cc[n+](CC(=O)N[C@H](CCCN=C([O-])OCC3c4ccccc4-c4ccccc43)C(=O)O)c3ccccc23)Sc2ccccc21.[HH].[HH]. The van der Waals surface area contributed by atoms with Crippen LogP contribution in [0.5, 0.6) is 0 Å². The fourth-order valence-corrected chi connectivity index (χ4v) is 15.6. The highest BCUT2D eigenvalue weighted by Gasteiger charge is 2.31. The van der Waals surface area contributed by atoms with Crippen molar-refractivity contribution in [2.24, 2.45) is 9.98 Å². The quantitative estimate of drug-likeness (QED) is 0.0214. The maximum Gasteiger partial charge on any atom is 0.326 e. The van der Waals surface area contributed by atoms with Gasteiger partial charge in [-0.15, -0.1) is 0 Å². The lowest BCUT2D eigenvalue weighted by Gasteiger charge is -2.21. The van der Waals surface area contributed by atoms with E-state index in [-0.39, 0.29) is 79.8 Å². The first kappa shape index (κ1) is 67.4. The van der Waals surface area contributed by atoms with E-state index >= 15 is 0 Å². The normalized spacial score (nSPS) is 15.1. The lowest BCUT2D eigenvalue weighted by Crippen LogP contribution is -2.48. The van der Waals surface area contributed by atoms with E-state index in [1.54, 1.807) is 23.5 Å². The molecule has 4 N–H and O–H groups in total. The van der Waals surface area contributed by atoms with Crippen LogP contribution in [0.15, 0.2) is 248 Å². The number of para-hydroxylation sites is 4. The van der Waals surface area contributed by atoms with E-state index in [1.165, 1.54) is 9.79 Å². The summed E-state index contributed by atoms with van der Waals surface area (Å²) in [5, 5.41) is 54.1. The van der Waals surface area contributed by atoms with Crippen molar-refractivity contribution in [1.82, 2.24) is 10.6 Å². The minimum absolute atomic E-state index is 0. The van der Waals surface area contributed by atoms with E-state index in [0.717, 1.165) is 98.9 Å². The fraction of sp³-hybridized carbons (Fsp3) is 0.200. The predicted octanol–water partition coefficient (Wildman–Crippen LogP) is 11.6. The number of carbonyl (C=O) groups is 4. The molecule has 4 aliphatic rings. The zero-order valence-electron chi connectivity index (χ0n) is 55.0. The lowest BCUT2D eigenvalue weighted by molar-refractivity contribution is -0.658. The third kappa shape index (κ3) is 14.9. The topological polar surface area (TPSA) is 236 Å². The number of nitrogens with zero attached hydrogens (tertiary/aromatic N) is 6. The molecule has 10 aromatic rings. The van der Waals surface area contributed by atoms with Gasteiger partial charge >= 0.3 is 11.9 Å². The zero-order chi connectivity index (χ0) is 69.2. The minimum atomic E-state index is -1.14. The largest absolute Gasteiger partial charge is 0.599 e. The van der Waals surface area contributed by atoms with Crippen molar-refractivity contribution in [1.29, 1.82) is 0 Å². The molecular formula is C80H76N8O10S2. The highest BCUT2D eigenvalue weighted by atomic mass is 32.2. The monoisotopic (exact) mass is 1370 g/mol. The number of amides is 2. The van der Waals surface area contributed by atoms with E-state index in [2.05, 4.69) is 105 Å². The van der Waals surface area contributed by atoms with Crippen LogP contribution in [0.25, 0.3) is 56.2 Å². The van der Waals surface area contributed by atoms with Crippen molar-refractivity contribution in [3.63, 3.8) is 0 Å². The van der Waals surface area contributed by atoms with Crippen LogP contribution in [-0.4, -0.2) is 98.6 Å². The molecule has 2 aliphatic heterocycles. The molecule has 14 rings (SSSR count). The van der Waals surface area contributed by atoms with Gasteiger partial charge in [-0.25, -0.2) is 9.59 Å². The second-order valence-corrected chi connectivity index (χ2v) is 26.8. The van der Waals surface area contributed by atoms with E-state index in [9.17, 15) is 39.6 Å². The van der Waals surface area contributed by atoms with Crippen molar-refractivity contribution in [2.75, 3.05) is 50.2 Å². The number of hydrogen-bond donors (Lipinski definition) is 4. The number of rotatable bonds is 22. The average Bonchev–Trinajstić information content (AvgIpc) is 1.62. The molecule has 0 bridgehead atoms. The van der Waals surface area contributed by atoms with E-state index < -0.39 is 48.0 Å². The Balaban J connectivity index is 0.000000201. The Bertz CT molecular complexity index is 4520. The van der Waals surface area contributed by atoms with Gasteiger partial charge in [-0.05, 0) is 130 Å². The number of carboxylic acids is 2. The number of hydrogen-bond acceptors (Lipinski definition) is 14. The number of pyridine rings is 2. The molecule has 0 saturated carbocycles. The highest BCUT2D eigenvalue weighted by Crippen LogP contribution is 2.49. The van der Waals surface area contributed by atoms with Crippen LogP contribution in [0.4, 0.5) is 11.4 Å². The molecular weight excluding hydrogens is 1300 g/mol. The molecule has 2 aliphatic carbocycles. The predicted molar refractivity (Wildman–Crippen MR) is 391 cm³/mol. The van der Waals surface area contributed by atoms with E-state index in [0.29, 0.717) is 0 Å². The zero-order valence-corrected chi connectivity index (χ0v) is 56.6. The highest BCUT2D eigenvalue weighted by molar-refractivity contribution is 8.04. The number of fused-ring (bicyclic) bond motifs is 10. The number of thioether (sulfide) groups is 2. The van der Waals surface area contributed by atoms with Crippen molar-refractivity contribution in [3.8, 4) is 22.3 Å². The summed E-state index contributed by atoms with van der Waals surface area (Å²) in [5.41, 5.74) is 15.1. The summed E-state index contributed by atoms with van der Waals surface area (Å²) in [6.45, 7) is 0.408. The van der Waals surface area contributed by atoms with Gasteiger partial charge in [0, 0.05) is 89.1 Å². The van der Waals surface area contributed by atoms with Crippen LogP contribution < -0.4 is 39.8 Å². The Kier molecular flexibility index (Phi) is 20.7. The van der Waals surface area contributed by atoms with Crippen LogP contribution >= 0.6 is 23.5 Å². The Morgan fingerprint density at radius 3 is 1.21 bits per heavy atom. The Labute approximate surface area is 590 Å². The number of aliphatic carboxylic acids is 2. The van der Waals surface area contributed by atoms with Crippen LogP contribution in [0.2, 0.25) is 0 Å². The maximum atomic E-state index is 13.1. The molecule has 100 heavy (non-hydrogen) atoms. The first-order valence-corrected chi connectivity index (χ1v) is 34.7. The van der Waals surface area contributed by atoms with Crippen molar-refractivity contribution in [2.45, 2.75) is 72.5 Å². The second-order valence-electron chi connectivity index (χ2n) is 24.6. The smallest absolute Gasteiger partial charge is 0.326 e. The van der Waals surface area contributed by atoms with Crippen molar-refractivity contribution >= 4 is 105 Å². The van der Waals surface area contributed by atoms with Crippen LogP contribution in [0.1, 0.15) is 73.8 Å². The standard InChI is InChI=1S/2C40H36N4O5S.2H2/c2*1-43-35-18-8-9-19-36(35)50-38(43)23-26-20-22-44(34-17-7-6-11-27(26)34)24-37(45)42-33(39(46)47)16-10-21-41-40(48)49-25-32-30-14-4-2-12-28(30)29-13-3-5-15-31(29)32;;/h2*2-9,11-15,17-20,22-23,32-33H,10,16,21,24-25H2,1H3,(H2-,41,42,45,46,47,48);2*1H/t33-;;;/m1.../s1. The molecule has 1 unspecified atom stereocenters. The summed E-state index contributed by atoms with van der Waals surface area (Å²) >= 11 is 3.43. The maximum absolute atomic E-state index is 13.1. The van der Waals surface area contributed by atoms with Crippen molar-refractivity contribution < 1.29 is 61.1 Å². The van der Waals surface area contributed by atoms with Gasteiger partial charge in [-0.3, -0.25) is 19.6 Å². The van der Waals surface area contributed by atoms with Crippen molar-refractivity contribution in [3.05, 3.63) is 262 Å². The molecule has 18 nitrogen and oxygen atoms in total. The lowest BCUT2D eigenvalue weighted by atomic mass is 9.98. The van der Waals surface area contributed by atoms with Gasteiger partial charge in [-0.2, -0.15) is 9.13 Å². The first-order valence-electron chi connectivity index (χ1n) is 33.1. The number of ether oxygens (including phenoxy) is 2. The summed E-state index contributed by atoms with van der Waals surface area (Å²) in [5.74, 6) is -3.27. The molecule has 0 fully saturated rings. The molecule has 0 radical (unpaired) electrons. The molecule has 508 valence electrons. The van der Waals surface area contributed by atoms with Gasteiger partial charge in [-0.1, -0.05) is 169 Å². The Hall–Kier alpha value is -11.2. The van der Waals surface area contributed by atoms with Gasteiger partial charge in [0.2, 0.25) is 24.1 Å². The number of carboxylic acid groups (broad SMARTS) is 2. The molecule has 2 amide bonds. The molecule has 0 saturated heterocycles. The number of aromatic nitrogens is 2. The third-order valence-corrected chi connectivity index (χ3v) is 20.7. The number of carbonyl (C=O) groups excluding carboxylic acids is 2. The van der Waals surface area contributed by atoms with Gasteiger partial charge in [0.1, 0.15) is 24.3 Å². The average molecular weight is 1370 g/mol. The summed E-state index contributed by atoms with van der Waals surface area (Å²) < 4.78 is 14.7. The molecule has 4 heterocycles. The molecule has 2 atom stereocenters. The number of aliphatic imine (C=N–C) groups is 2. The van der Waals surface area contributed by atoms with Gasteiger partial charge in [0.25, 0.3) is 11.8 Å². The number of anilines is 2. The number of nitrogens with one attached hydrogen (secondary N) is 2. The summed E-state index contributed by atoms with van der Waals surface area (Å²) in [6.07, 6.45) is 7.43. The number of benzene rings is 8. The summed E-state index contributed by atoms with van der Waals surface area (Å²) in [4.78, 5) is 65.0. The summed E-state index contributed by atoms with van der Waals surface area (Å²) in [7, 11) is 4.10. The van der Waals surface area contributed by atoms with E-state index in [4.69, 9.17) is 9.47 Å². The first-order chi connectivity index (χ1) is 48.7. The molecule has 2 aromatic heterocycles. The van der Waals surface area contributed by atoms with Gasteiger partial charge in [0.05, 0.1) is 32.2 Å². The van der Waals surface area contributed by atoms with Gasteiger partial charge < -0.3 is 50.3 Å². The van der Waals surface area contributed by atoms with Crippen LogP contribution in [0, 0.1) is 0 Å². The Morgan fingerprint density at radius 2 is 0.840 bits per heavy atom. The third-order valence-electron chi connectivity index (χ3n) is 18.4. The second kappa shape index (κ2) is 30.7. The fourth-order valence-electron chi connectivity index (χ4n) is 13.4. The van der Waals surface area contributed by atoms with E-state index in [1.807, 2.05) is 179 Å². The Morgan fingerprint density at radius 1 is 0.500 bits per heavy atom.